The summed E-state index contributed by atoms with van der Waals surface area (Å²) in [7, 11) is 0. The quantitative estimate of drug-likeness (QED) is 0.509. The first-order chi connectivity index (χ1) is 4.77. The third-order valence-corrected chi connectivity index (χ3v) is 2.96. The molecule has 1 heterocycles. The summed E-state index contributed by atoms with van der Waals surface area (Å²) < 4.78 is 5.45. The first-order valence-corrected chi connectivity index (χ1v) is 4.43. The Kier molecular flexibility index (Phi) is 1.48. The molecule has 10 heavy (non-hydrogen) atoms. The fourth-order valence-corrected chi connectivity index (χ4v) is 2.25. The van der Waals surface area contributed by atoms with Crippen LogP contribution in [0.5, 0.6) is 0 Å². The van der Waals surface area contributed by atoms with Crippen molar-refractivity contribution in [3.63, 3.8) is 0 Å². The van der Waals surface area contributed by atoms with Gasteiger partial charge in [-0.2, -0.15) is 0 Å². The number of rotatable bonds is 1. The second kappa shape index (κ2) is 2.23. The summed E-state index contributed by atoms with van der Waals surface area (Å²) >= 11 is 0. The van der Waals surface area contributed by atoms with E-state index in [0.29, 0.717) is 12.2 Å². The predicted octanol–water partition coefficient (Wildman–Crippen LogP) is 2.21. The summed E-state index contributed by atoms with van der Waals surface area (Å²) in [5.41, 5.74) is 0. The Morgan fingerprint density at radius 3 is 2.30 bits per heavy atom. The number of ether oxygens (including phenoxy) is 1. The molecular formula is C9H16O. The van der Waals surface area contributed by atoms with Gasteiger partial charge in [0.2, 0.25) is 0 Å². The molecule has 1 aliphatic carbocycles. The Balaban J connectivity index is 1.85. The zero-order valence-electron chi connectivity index (χ0n) is 6.84. The van der Waals surface area contributed by atoms with Gasteiger partial charge >= 0.3 is 0 Å². The van der Waals surface area contributed by atoms with Crippen LogP contribution in [0, 0.1) is 11.8 Å². The van der Waals surface area contributed by atoms with Crippen molar-refractivity contribution in [1.82, 2.24) is 0 Å². The Labute approximate surface area is 62.8 Å². The van der Waals surface area contributed by atoms with E-state index in [0.717, 1.165) is 11.8 Å². The van der Waals surface area contributed by atoms with Crippen LogP contribution in [-0.2, 0) is 4.74 Å². The van der Waals surface area contributed by atoms with Gasteiger partial charge in [-0.3, -0.25) is 0 Å². The van der Waals surface area contributed by atoms with E-state index >= 15 is 0 Å². The zero-order chi connectivity index (χ0) is 7.14. The van der Waals surface area contributed by atoms with E-state index in [1.54, 1.807) is 0 Å². The van der Waals surface area contributed by atoms with Crippen molar-refractivity contribution in [2.75, 3.05) is 0 Å². The molecule has 1 saturated carbocycles. The lowest BCUT2D eigenvalue weighted by molar-refractivity contribution is 0.316. The van der Waals surface area contributed by atoms with Gasteiger partial charge in [0.25, 0.3) is 0 Å². The van der Waals surface area contributed by atoms with E-state index < -0.39 is 0 Å². The van der Waals surface area contributed by atoms with Gasteiger partial charge < -0.3 is 4.74 Å². The Bertz CT molecular complexity index is 133. The van der Waals surface area contributed by atoms with Crippen LogP contribution >= 0.6 is 0 Å². The molecule has 1 heteroatoms. The predicted molar refractivity (Wildman–Crippen MR) is 40.8 cm³/mol. The summed E-state index contributed by atoms with van der Waals surface area (Å²) in [6.45, 7) is 4.54. The Morgan fingerprint density at radius 1 is 1.20 bits per heavy atom. The molecule has 2 fully saturated rings. The van der Waals surface area contributed by atoms with Crippen LogP contribution in [-0.4, -0.2) is 12.2 Å². The molecule has 0 radical (unpaired) electrons. The molecule has 1 saturated heterocycles. The summed E-state index contributed by atoms with van der Waals surface area (Å²) in [6.07, 6.45) is 5.47. The van der Waals surface area contributed by atoms with Crippen molar-refractivity contribution in [3.05, 3.63) is 0 Å². The summed E-state index contributed by atoms with van der Waals surface area (Å²) in [6, 6.07) is 0. The minimum Gasteiger partial charge on any atom is -0.370 e. The highest BCUT2D eigenvalue weighted by atomic mass is 16.6. The standard InChI is InChI=1S/C9H16O/c1-6-3-4-8(5-6)9-7(2)10-9/h6-9H,3-5H2,1-2H3. The molecule has 0 aromatic rings. The molecule has 1 aliphatic heterocycles. The topological polar surface area (TPSA) is 12.5 Å². The van der Waals surface area contributed by atoms with Crippen molar-refractivity contribution >= 4 is 0 Å². The third kappa shape index (κ3) is 1.07. The lowest BCUT2D eigenvalue weighted by Crippen LogP contribution is -2.05. The van der Waals surface area contributed by atoms with Gasteiger partial charge in [0.15, 0.2) is 0 Å². The minimum atomic E-state index is 0.579. The van der Waals surface area contributed by atoms with Crippen molar-refractivity contribution in [1.29, 1.82) is 0 Å². The first-order valence-electron chi connectivity index (χ1n) is 4.43. The molecule has 4 unspecified atom stereocenters. The van der Waals surface area contributed by atoms with Crippen LogP contribution in [0.2, 0.25) is 0 Å². The number of hydrogen-bond acceptors (Lipinski definition) is 1. The van der Waals surface area contributed by atoms with Crippen molar-refractivity contribution in [2.45, 2.75) is 45.3 Å². The second-order valence-electron chi connectivity index (χ2n) is 3.98. The van der Waals surface area contributed by atoms with Crippen LogP contribution in [0.15, 0.2) is 0 Å². The second-order valence-corrected chi connectivity index (χ2v) is 3.98. The zero-order valence-corrected chi connectivity index (χ0v) is 6.84. The SMILES string of the molecule is CC1CCC(C2OC2C)C1. The molecule has 0 bridgehead atoms. The fourth-order valence-electron chi connectivity index (χ4n) is 2.25. The van der Waals surface area contributed by atoms with E-state index in [-0.39, 0.29) is 0 Å². The lowest BCUT2D eigenvalue weighted by atomic mass is 10.0. The summed E-state index contributed by atoms with van der Waals surface area (Å²) in [5.74, 6) is 1.87. The molecule has 0 amide bonds. The van der Waals surface area contributed by atoms with E-state index in [1.807, 2.05) is 0 Å². The largest absolute Gasteiger partial charge is 0.370 e. The van der Waals surface area contributed by atoms with E-state index in [4.69, 9.17) is 4.74 Å². The van der Waals surface area contributed by atoms with E-state index in [2.05, 4.69) is 13.8 Å². The molecule has 1 nitrogen and oxygen atoms in total. The molecule has 2 rings (SSSR count). The monoisotopic (exact) mass is 140 g/mol. The smallest absolute Gasteiger partial charge is 0.0867 e. The van der Waals surface area contributed by atoms with Gasteiger partial charge in [0.05, 0.1) is 12.2 Å². The van der Waals surface area contributed by atoms with Crippen LogP contribution in [0.3, 0.4) is 0 Å². The fraction of sp³-hybridized carbons (Fsp3) is 1.00. The maximum Gasteiger partial charge on any atom is 0.0867 e. The molecule has 2 aliphatic rings. The lowest BCUT2D eigenvalue weighted by Gasteiger charge is -2.02. The van der Waals surface area contributed by atoms with Crippen LogP contribution < -0.4 is 0 Å². The maximum absolute atomic E-state index is 5.45. The summed E-state index contributed by atoms with van der Waals surface area (Å²) in [4.78, 5) is 0. The molecular weight excluding hydrogens is 124 g/mol. The van der Waals surface area contributed by atoms with Crippen molar-refractivity contribution in [3.8, 4) is 0 Å². The maximum atomic E-state index is 5.45. The average molecular weight is 140 g/mol. The van der Waals surface area contributed by atoms with Crippen molar-refractivity contribution in [2.24, 2.45) is 11.8 Å². The number of epoxide rings is 1. The third-order valence-electron chi connectivity index (χ3n) is 2.96. The number of hydrogen-bond donors (Lipinski definition) is 0. The highest BCUT2D eigenvalue weighted by molar-refractivity contribution is 4.90. The normalized spacial score (nSPS) is 53.4. The molecule has 0 aromatic heterocycles. The Morgan fingerprint density at radius 2 is 1.90 bits per heavy atom. The molecule has 0 aromatic carbocycles. The van der Waals surface area contributed by atoms with Gasteiger partial charge in [-0.1, -0.05) is 13.3 Å². The van der Waals surface area contributed by atoms with Crippen molar-refractivity contribution < 1.29 is 4.74 Å². The average Bonchev–Trinajstić information content (AvgIpc) is 2.42. The van der Waals surface area contributed by atoms with E-state index in [9.17, 15) is 0 Å². The van der Waals surface area contributed by atoms with Crippen LogP contribution in [0.4, 0.5) is 0 Å². The molecule has 0 N–H and O–H groups in total. The van der Waals surface area contributed by atoms with Gasteiger partial charge in [-0.05, 0) is 31.6 Å². The van der Waals surface area contributed by atoms with Crippen LogP contribution in [0.25, 0.3) is 0 Å². The van der Waals surface area contributed by atoms with Gasteiger partial charge in [-0.15, -0.1) is 0 Å². The van der Waals surface area contributed by atoms with Crippen LogP contribution in [0.1, 0.15) is 33.1 Å². The molecule has 4 atom stereocenters. The van der Waals surface area contributed by atoms with E-state index in [1.165, 1.54) is 19.3 Å². The molecule has 0 spiro atoms. The van der Waals surface area contributed by atoms with Gasteiger partial charge in [-0.25, -0.2) is 0 Å². The van der Waals surface area contributed by atoms with Gasteiger partial charge in [0, 0.05) is 0 Å². The van der Waals surface area contributed by atoms with Gasteiger partial charge in [0.1, 0.15) is 0 Å². The highest BCUT2D eigenvalue weighted by Gasteiger charge is 2.43. The summed E-state index contributed by atoms with van der Waals surface area (Å²) in [5, 5.41) is 0. The molecule has 58 valence electrons. The Hall–Kier alpha value is -0.0400. The first kappa shape index (κ1) is 6.66. The highest BCUT2D eigenvalue weighted by Crippen LogP contribution is 2.41. The minimum absolute atomic E-state index is 0.579.